The van der Waals surface area contributed by atoms with E-state index in [9.17, 15) is 9.59 Å². The van der Waals surface area contributed by atoms with Crippen molar-refractivity contribution >= 4 is 11.8 Å². The van der Waals surface area contributed by atoms with Gasteiger partial charge in [0.1, 0.15) is 0 Å². The molecule has 17 heavy (non-hydrogen) atoms. The Morgan fingerprint density at radius 1 is 1.00 bits per heavy atom. The van der Waals surface area contributed by atoms with Crippen molar-refractivity contribution in [3.05, 3.63) is 24.4 Å². The topological polar surface area (TPSA) is 89.4 Å². The Labute approximate surface area is 102 Å². The van der Waals surface area contributed by atoms with E-state index in [4.69, 9.17) is 11.5 Å². The minimum atomic E-state index is -0.435. The first kappa shape index (κ1) is 15.2. The Morgan fingerprint density at radius 3 is 1.71 bits per heavy atom. The smallest absolute Gasteiger partial charge is 0.264 e. The van der Waals surface area contributed by atoms with Crippen LogP contribution < -0.4 is 11.5 Å². The van der Waals surface area contributed by atoms with Crippen molar-refractivity contribution in [2.45, 2.75) is 26.2 Å². The van der Waals surface area contributed by atoms with E-state index in [2.05, 4.69) is 13.2 Å². The molecule has 5 heteroatoms. The third-order valence-electron chi connectivity index (χ3n) is 2.44. The summed E-state index contributed by atoms with van der Waals surface area (Å²) in [5.74, 6) is -0.832. The van der Waals surface area contributed by atoms with E-state index in [0.717, 1.165) is 25.9 Å². The van der Waals surface area contributed by atoms with Gasteiger partial charge in [-0.15, -0.1) is 0 Å². The van der Waals surface area contributed by atoms with Crippen molar-refractivity contribution in [3.8, 4) is 0 Å². The van der Waals surface area contributed by atoms with E-state index in [1.54, 1.807) is 6.92 Å². The van der Waals surface area contributed by atoms with E-state index in [0.29, 0.717) is 11.3 Å². The molecule has 5 nitrogen and oxygen atoms in total. The molecule has 96 valence electrons. The van der Waals surface area contributed by atoms with Crippen LogP contribution in [0.3, 0.4) is 0 Å². The Balaban J connectivity index is 0.000000366. The lowest BCUT2D eigenvalue weighted by Gasteiger charge is -2.28. The summed E-state index contributed by atoms with van der Waals surface area (Å²) in [6.07, 6.45) is 3.54. The van der Waals surface area contributed by atoms with E-state index >= 15 is 0 Å². The molecule has 0 saturated carbocycles. The molecule has 1 fully saturated rings. The van der Waals surface area contributed by atoms with Crippen molar-refractivity contribution in [2.24, 2.45) is 11.5 Å². The number of rotatable bonds is 3. The summed E-state index contributed by atoms with van der Waals surface area (Å²) in [6.45, 7) is 10.3. The summed E-state index contributed by atoms with van der Waals surface area (Å²) in [5, 5.41) is 0. The molecule has 0 aromatic heterocycles. The summed E-state index contributed by atoms with van der Waals surface area (Å²) in [7, 11) is 0. The maximum absolute atomic E-state index is 10.7. The maximum atomic E-state index is 10.7. The van der Waals surface area contributed by atoms with Crippen LogP contribution in [0.15, 0.2) is 24.4 Å². The molecule has 0 spiro atoms. The summed E-state index contributed by atoms with van der Waals surface area (Å²) < 4.78 is 0. The van der Waals surface area contributed by atoms with Gasteiger partial charge in [0.2, 0.25) is 5.91 Å². The Hall–Kier alpha value is -1.78. The molecular formula is C12H21N3O2. The van der Waals surface area contributed by atoms with E-state index in [-0.39, 0.29) is 0 Å². The molecule has 4 N–H and O–H groups in total. The van der Waals surface area contributed by atoms with Gasteiger partial charge in [-0.25, -0.2) is 0 Å². The number of primary amides is 2. The molecule has 1 rings (SSSR count). The second kappa shape index (κ2) is 7.49. The zero-order chi connectivity index (χ0) is 13.4. The first-order chi connectivity index (χ1) is 7.86. The maximum Gasteiger partial charge on any atom is 0.264 e. The van der Waals surface area contributed by atoms with Gasteiger partial charge in [0.05, 0.1) is 5.70 Å². The first-order valence-corrected chi connectivity index (χ1v) is 5.55. The SMILES string of the molecule is C=C(C(N)=O)N1CCCCC1.C=C(C)C(N)=O. The fourth-order valence-corrected chi connectivity index (χ4v) is 1.32. The number of piperidine rings is 1. The molecule has 0 unspecified atom stereocenters. The molecule has 1 heterocycles. The number of carbonyl (C=O) groups is 2. The minimum Gasteiger partial charge on any atom is -0.368 e. The average Bonchev–Trinajstić information content (AvgIpc) is 2.29. The molecule has 1 aliphatic heterocycles. The lowest BCUT2D eigenvalue weighted by Crippen LogP contribution is -2.34. The van der Waals surface area contributed by atoms with Crippen LogP contribution in [0.5, 0.6) is 0 Å². The van der Waals surface area contributed by atoms with Crippen LogP contribution in [0, 0.1) is 0 Å². The molecule has 0 bridgehead atoms. The molecule has 0 atom stereocenters. The Morgan fingerprint density at radius 2 is 1.41 bits per heavy atom. The van der Waals surface area contributed by atoms with Crippen LogP contribution in [0.1, 0.15) is 26.2 Å². The van der Waals surface area contributed by atoms with Gasteiger partial charge in [0, 0.05) is 18.7 Å². The van der Waals surface area contributed by atoms with Crippen molar-refractivity contribution in [3.63, 3.8) is 0 Å². The first-order valence-electron chi connectivity index (χ1n) is 5.55. The van der Waals surface area contributed by atoms with Gasteiger partial charge >= 0.3 is 0 Å². The van der Waals surface area contributed by atoms with Crippen LogP contribution in [-0.2, 0) is 9.59 Å². The zero-order valence-corrected chi connectivity index (χ0v) is 10.4. The normalized spacial score (nSPS) is 14.3. The van der Waals surface area contributed by atoms with Gasteiger partial charge in [-0.1, -0.05) is 13.2 Å². The second-order valence-electron chi connectivity index (χ2n) is 4.00. The highest BCUT2D eigenvalue weighted by Gasteiger charge is 2.14. The largest absolute Gasteiger partial charge is 0.368 e. The zero-order valence-electron chi connectivity index (χ0n) is 10.4. The van der Waals surface area contributed by atoms with Crippen molar-refractivity contribution < 1.29 is 9.59 Å². The predicted molar refractivity (Wildman–Crippen MR) is 67.8 cm³/mol. The fourth-order valence-electron chi connectivity index (χ4n) is 1.32. The quantitative estimate of drug-likeness (QED) is 0.703. The molecule has 1 aliphatic rings. The predicted octanol–water partition coefficient (Wildman–Crippen LogP) is 0.519. The Bertz CT molecular complexity index is 306. The fraction of sp³-hybridized carbons (Fsp3) is 0.500. The lowest BCUT2D eigenvalue weighted by molar-refractivity contribution is -0.116. The Kier molecular flexibility index (Phi) is 6.70. The molecule has 1 saturated heterocycles. The average molecular weight is 239 g/mol. The van der Waals surface area contributed by atoms with Crippen molar-refractivity contribution in [1.82, 2.24) is 4.90 Å². The van der Waals surface area contributed by atoms with Gasteiger partial charge in [0.25, 0.3) is 5.91 Å². The van der Waals surface area contributed by atoms with Crippen LogP contribution in [0.2, 0.25) is 0 Å². The van der Waals surface area contributed by atoms with Crippen molar-refractivity contribution in [1.29, 1.82) is 0 Å². The molecule has 0 radical (unpaired) electrons. The van der Waals surface area contributed by atoms with E-state index in [1.807, 2.05) is 4.90 Å². The summed E-state index contributed by atoms with van der Waals surface area (Å²) in [5.41, 5.74) is 10.6. The van der Waals surface area contributed by atoms with Gasteiger partial charge in [-0.05, 0) is 26.2 Å². The number of likely N-dealkylation sites (tertiary alicyclic amines) is 1. The minimum absolute atomic E-state index is 0.396. The molecule has 0 aliphatic carbocycles. The van der Waals surface area contributed by atoms with Crippen molar-refractivity contribution in [2.75, 3.05) is 13.1 Å². The van der Waals surface area contributed by atoms with Crippen LogP contribution in [0.25, 0.3) is 0 Å². The highest BCUT2D eigenvalue weighted by atomic mass is 16.1. The number of nitrogens with two attached hydrogens (primary N) is 2. The van der Waals surface area contributed by atoms with E-state index < -0.39 is 11.8 Å². The molecule has 2 amide bonds. The van der Waals surface area contributed by atoms with Gasteiger partial charge in [-0.2, -0.15) is 0 Å². The van der Waals surface area contributed by atoms with E-state index in [1.165, 1.54) is 6.42 Å². The number of amides is 2. The van der Waals surface area contributed by atoms with Gasteiger partial charge in [0.15, 0.2) is 0 Å². The van der Waals surface area contributed by atoms with Gasteiger partial charge < -0.3 is 16.4 Å². The second-order valence-corrected chi connectivity index (χ2v) is 4.00. The monoisotopic (exact) mass is 239 g/mol. The third-order valence-corrected chi connectivity index (χ3v) is 2.44. The van der Waals surface area contributed by atoms with Crippen LogP contribution >= 0.6 is 0 Å². The molecule has 0 aromatic rings. The summed E-state index contributed by atoms with van der Waals surface area (Å²) >= 11 is 0. The number of nitrogens with zero attached hydrogens (tertiary/aromatic N) is 1. The highest BCUT2D eigenvalue weighted by Crippen LogP contribution is 2.12. The number of carbonyl (C=O) groups excluding carboxylic acids is 2. The van der Waals surface area contributed by atoms with Crippen LogP contribution in [0.4, 0.5) is 0 Å². The third kappa shape index (κ3) is 6.40. The number of hydrogen-bond donors (Lipinski definition) is 2. The summed E-state index contributed by atoms with van der Waals surface area (Å²) in [6, 6.07) is 0. The lowest BCUT2D eigenvalue weighted by atomic mass is 10.1. The highest BCUT2D eigenvalue weighted by molar-refractivity contribution is 5.90. The van der Waals surface area contributed by atoms with Gasteiger partial charge in [-0.3, -0.25) is 9.59 Å². The number of hydrogen-bond acceptors (Lipinski definition) is 3. The molecular weight excluding hydrogens is 218 g/mol. The summed E-state index contributed by atoms with van der Waals surface area (Å²) in [4.78, 5) is 22.5. The molecule has 0 aromatic carbocycles. The standard InChI is InChI=1S/C8H14N2O.C4H7NO/c1-7(8(9)11)10-5-3-2-4-6-10;1-3(2)4(5)6/h1-6H2,(H2,9,11);1H2,2H3,(H2,5,6). The van der Waals surface area contributed by atoms with Crippen LogP contribution in [-0.4, -0.2) is 29.8 Å².